The number of nitrogens with zero attached hydrogens (tertiary/aromatic N) is 5. The molecule has 2 aromatic heterocycles. The summed E-state index contributed by atoms with van der Waals surface area (Å²) in [5.41, 5.74) is -0.295. The van der Waals surface area contributed by atoms with Crippen LogP contribution in [0.5, 0.6) is 11.6 Å². The van der Waals surface area contributed by atoms with Crippen LogP contribution < -0.4 is 10.1 Å². The third-order valence-electron chi connectivity index (χ3n) is 2.42. The Morgan fingerprint density at radius 2 is 2.25 bits per heavy atom. The fraction of sp³-hybridized carbons (Fsp3) is 0.364. The first kappa shape index (κ1) is 13.7. The van der Waals surface area contributed by atoms with E-state index in [1.165, 1.54) is 6.20 Å². The van der Waals surface area contributed by atoms with Crippen molar-refractivity contribution in [2.45, 2.75) is 20.4 Å². The topological polar surface area (TPSA) is 108 Å². The second kappa shape index (κ2) is 5.95. The highest BCUT2D eigenvalue weighted by molar-refractivity contribution is 5.44. The minimum absolute atomic E-state index is 0.114. The highest BCUT2D eigenvalue weighted by Crippen LogP contribution is 2.29. The molecule has 0 unspecified atom stereocenters. The Morgan fingerprint density at radius 1 is 1.45 bits per heavy atom. The summed E-state index contributed by atoms with van der Waals surface area (Å²) in [6, 6.07) is 0. The van der Waals surface area contributed by atoms with E-state index in [0.717, 1.165) is 6.20 Å². The van der Waals surface area contributed by atoms with Crippen LogP contribution >= 0.6 is 0 Å². The molecule has 106 valence electrons. The lowest BCUT2D eigenvalue weighted by molar-refractivity contribution is -0.386. The summed E-state index contributed by atoms with van der Waals surface area (Å²) < 4.78 is 7.07. The molecule has 0 aromatic carbocycles. The van der Waals surface area contributed by atoms with E-state index in [1.54, 1.807) is 10.9 Å². The van der Waals surface area contributed by atoms with Crippen LogP contribution in [-0.2, 0) is 6.54 Å². The smallest absolute Gasteiger partial charge is 0.349 e. The maximum Gasteiger partial charge on any atom is 0.349 e. The van der Waals surface area contributed by atoms with Crippen LogP contribution in [0, 0.1) is 10.1 Å². The quantitative estimate of drug-likeness (QED) is 0.634. The predicted molar refractivity (Wildman–Crippen MR) is 70.8 cm³/mol. The summed E-state index contributed by atoms with van der Waals surface area (Å²) in [5, 5.41) is 17.8. The van der Waals surface area contributed by atoms with Crippen LogP contribution in [0.3, 0.4) is 0 Å². The van der Waals surface area contributed by atoms with Gasteiger partial charge in [-0.25, -0.2) is 4.98 Å². The van der Waals surface area contributed by atoms with Crippen molar-refractivity contribution < 1.29 is 9.66 Å². The number of nitrogens with one attached hydrogen (secondary N) is 1. The van der Waals surface area contributed by atoms with Gasteiger partial charge in [-0.2, -0.15) is 10.1 Å². The van der Waals surface area contributed by atoms with Crippen molar-refractivity contribution in [2.24, 2.45) is 0 Å². The molecule has 2 aromatic rings. The van der Waals surface area contributed by atoms with Gasteiger partial charge < -0.3 is 10.1 Å². The molecule has 2 rings (SSSR count). The maximum atomic E-state index is 10.9. The highest BCUT2D eigenvalue weighted by atomic mass is 16.6. The molecule has 0 saturated heterocycles. The number of aryl methyl sites for hydroxylation is 1. The van der Waals surface area contributed by atoms with Gasteiger partial charge >= 0.3 is 11.6 Å². The summed E-state index contributed by atoms with van der Waals surface area (Å²) >= 11 is 0. The highest BCUT2D eigenvalue weighted by Gasteiger charge is 2.20. The van der Waals surface area contributed by atoms with E-state index >= 15 is 0 Å². The number of hydrogen-bond acceptors (Lipinski definition) is 7. The van der Waals surface area contributed by atoms with Gasteiger partial charge in [0, 0.05) is 13.1 Å². The first-order valence-electron chi connectivity index (χ1n) is 6.09. The average Bonchev–Trinajstić information content (AvgIpc) is 2.87. The monoisotopic (exact) mass is 278 g/mol. The van der Waals surface area contributed by atoms with Crippen molar-refractivity contribution in [3.05, 3.63) is 28.7 Å². The molecule has 0 amide bonds. The van der Waals surface area contributed by atoms with Crippen molar-refractivity contribution in [1.29, 1.82) is 0 Å². The maximum absolute atomic E-state index is 10.9. The molecule has 0 fully saturated rings. The normalized spacial score (nSPS) is 10.3. The Bertz CT molecular complexity index is 612. The Kier molecular flexibility index (Phi) is 4.08. The molecule has 0 saturated carbocycles. The number of aromatic nitrogens is 4. The largest absolute Gasteiger partial charge is 0.430 e. The van der Waals surface area contributed by atoms with Crippen molar-refractivity contribution in [3.8, 4) is 11.6 Å². The number of rotatable bonds is 6. The van der Waals surface area contributed by atoms with Gasteiger partial charge in [-0.05, 0) is 13.8 Å². The number of ether oxygens (including phenoxy) is 1. The molecular formula is C11H14N6O3. The Balaban J connectivity index is 2.31. The molecule has 0 atom stereocenters. The van der Waals surface area contributed by atoms with Crippen LogP contribution in [0.4, 0.5) is 11.6 Å². The van der Waals surface area contributed by atoms with Gasteiger partial charge in [0.05, 0.1) is 17.3 Å². The van der Waals surface area contributed by atoms with E-state index in [0.29, 0.717) is 18.8 Å². The van der Waals surface area contributed by atoms with E-state index in [1.807, 2.05) is 13.8 Å². The van der Waals surface area contributed by atoms with Gasteiger partial charge in [-0.3, -0.25) is 14.8 Å². The zero-order valence-corrected chi connectivity index (χ0v) is 11.1. The van der Waals surface area contributed by atoms with Crippen molar-refractivity contribution in [2.75, 3.05) is 11.9 Å². The molecule has 9 nitrogen and oxygen atoms in total. The standard InChI is InChI=1S/C11H14N6O3/c1-3-12-11-13-6-9(17(18)19)10(15-11)20-8-5-14-16(4-2)7-8/h5-7H,3-4H2,1-2H3,(H,12,13,15). The molecule has 0 spiro atoms. The summed E-state index contributed by atoms with van der Waals surface area (Å²) in [5.74, 6) is 0.545. The molecule has 1 N–H and O–H groups in total. The predicted octanol–water partition coefficient (Wildman–Crippen LogP) is 1.83. The number of nitro groups is 1. The fourth-order valence-electron chi connectivity index (χ4n) is 1.49. The molecule has 2 heterocycles. The van der Waals surface area contributed by atoms with Gasteiger partial charge in [-0.1, -0.05) is 0 Å². The molecule has 0 aliphatic carbocycles. The first-order valence-corrected chi connectivity index (χ1v) is 6.09. The lowest BCUT2D eigenvalue weighted by Crippen LogP contribution is -2.04. The van der Waals surface area contributed by atoms with Crippen molar-refractivity contribution in [1.82, 2.24) is 19.7 Å². The lowest BCUT2D eigenvalue weighted by Gasteiger charge is -2.05. The summed E-state index contributed by atoms with van der Waals surface area (Å²) in [6.07, 6.45) is 4.23. The molecular weight excluding hydrogens is 264 g/mol. The fourth-order valence-corrected chi connectivity index (χ4v) is 1.49. The van der Waals surface area contributed by atoms with Crippen LogP contribution in [0.1, 0.15) is 13.8 Å². The molecule has 20 heavy (non-hydrogen) atoms. The molecule has 0 aliphatic rings. The number of hydrogen-bond donors (Lipinski definition) is 1. The third kappa shape index (κ3) is 2.99. The minimum atomic E-state index is -0.588. The zero-order valence-electron chi connectivity index (χ0n) is 11.1. The molecule has 0 bridgehead atoms. The first-order chi connectivity index (χ1) is 9.63. The molecule has 0 aliphatic heterocycles. The van der Waals surface area contributed by atoms with Crippen LogP contribution in [0.25, 0.3) is 0 Å². The van der Waals surface area contributed by atoms with Gasteiger partial charge in [0.1, 0.15) is 6.20 Å². The van der Waals surface area contributed by atoms with Crippen LogP contribution in [0.2, 0.25) is 0 Å². The molecule has 9 heteroatoms. The van der Waals surface area contributed by atoms with E-state index in [2.05, 4.69) is 20.4 Å². The second-order valence-corrected chi connectivity index (χ2v) is 3.81. The molecule has 0 radical (unpaired) electrons. The Hall–Kier alpha value is -2.71. The van der Waals surface area contributed by atoms with E-state index in [-0.39, 0.29) is 17.5 Å². The second-order valence-electron chi connectivity index (χ2n) is 3.81. The third-order valence-corrected chi connectivity index (χ3v) is 2.42. The van der Waals surface area contributed by atoms with Gasteiger partial charge in [0.2, 0.25) is 5.95 Å². The van der Waals surface area contributed by atoms with Gasteiger partial charge in [0.15, 0.2) is 5.75 Å². The van der Waals surface area contributed by atoms with Gasteiger partial charge in [-0.15, -0.1) is 0 Å². The Labute approximate surface area is 114 Å². The summed E-state index contributed by atoms with van der Waals surface area (Å²) in [4.78, 5) is 18.2. The van der Waals surface area contributed by atoms with Crippen molar-refractivity contribution >= 4 is 11.6 Å². The van der Waals surface area contributed by atoms with Crippen LogP contribution in [-0.4, -0.2) is 31.2 Å². The summed E-state index contributed by atoms with van der Waals surface area (Å²) in [6.45, 7) is 5.08. The minimum Gasteiger partial charge on any atom is -0.430 e. The van der Waals surface area contributed by atoms with E-state index in [4.69, 9.17) is 4.74 Å². The average molecular weight is 278 g/mol. The Morgan fingerprint density at radius 3 is 2.85 bits per heavy atom. The van der Waals surface area contributed by atoms with Crippen LogP contribution in [0.15, 0.2) is 18.6 Å². The zero-order chi connectivity index (χ0) is 14.5. The number of anilines is 1. The van der Waals surface area contributed by atoms with E-state index < -0.39 is 4.92 Å². The lowest BCUT2D eigenvalue weighted by atomic mass is 10.5. The van der Waals surface area contributed by atoms with E-state index in [9.17, 15) is 10.1 Å². The van der Waals surface area contributed by atoms with Gasteiger partial charge in [0.25, 0.3) is 0 Å². The SMILES string of the molecule is CCNc1ncc([N+](=O)[O-])c(Oc2cnn(CC)c2)n1. The van der Waals surface area contributed by atoms with Crippen molar-refractivity contribution in [3.63, 3.8) is 0 Å². The summed E-state index contributed by atoms with van der Waals surface area (Å²) in [7, 11) is 0.